The summed E-state index contributed by atoms with van der Waals surface area (Å²) in [6, 6.07) is 7.83. The predicted molar refractivity (Wildman–Crippen MR) is 75.7 cm³/mol. The highest BCUT2D eigenvalue weighted by atomic mass is 16.3. The summed E-state index contributed by atoms with van der Waals surface area (Å²) in [5.41, 5.74) is 1.48. The molecule has 19 heavy (non-hydrogen) atoms. The number of aliphatic hydroxyl groups is 1. The van der Waals surface area contributed by atoms with E-state index in [4.69, 9.17) is 0 Å². The lowest BCUT2D eigenvalue weighted by molar-refractivity contribution is -0.00444. The van der Waals surface area contributed by atoms with Gasteiger partial charge in [-0.3, -0.25) is 9.97 Å². The molecule has 2 aromatic heterocycles. The molecule has 0 amide bonds. The Balaban J connectivity index is 2.18. The number of pyridine rings is 2. The summed E-state index contributed by atoms with van der Waals surface area (Å²) >= 11 is 0. The van der Waals surface area contributed by atoms with Gasteiger partial charge >= 0.3 is 0 Å². The zero-order valence-electron chi connectivity index (χ0n) is 11.5. The molecule has 0 spiro atoms. The van der Waals surface area contributed by atoms with Crippen LogP contribution < -0.4 is 0 Å². The zero-order valence-corrected chi connectivity index (χ0v) is 11.5. The van der Waals surface area contributed by atoms with Crippen molar-refractivity contribution in [2.24, 2.45) is 5.92 Å². The van der Waals surface area contributed by atoms with Crippen LogP contribution in [0.15, 0.2) is 49.1 Å². The van der Waals surface area contributed by atoms with Gasteiger partial charge in [-0.05, 0) is 41.3 Å². The molecular weight excluding hydrogens is 236 g/mol. The monoisotopic (exact) mass is 256 g/mol. The van der Waals surface area contributed by atoms with E-state index in [-0.39, 0.29) is 5.92 Å². The molecule has 0 unspecified atom stereocenters. The van der Waals surface area contributed by atoms with Gasteiger partial charge < -0.3 is 5.11 Å². The predicted octanol–water partition coefficient (Wildman–Crippen LogP) is 2.65. The largest absolute Gasteiger partial charge is 0.389 e. The van der Waals surface area contributed by atoms with E-state index in [9.17, 15) is 5.11 Å². The van der Waals surface area contributed by atoms with Crippen LogP contribution in [-0.2, 0) is 12.8 Å². The van der Waals surface area contributed by atoms with Crippen LogP contribution in [0.2, 0.25) is 0 Å². The summed E-state index contributed by atoms with van der Waals surface area (Å²) in [6.07, 6.45) is 8.33. The standard InChI is InChI=1S/C16H20N2O/c1-13(2)16(19,11-14-3-7-17-8-4-14)12-15-5-9-18-10-6-15/h3-10,13,19H,11-12H2,1-2H3. The van der Waals surface area contributed by atoms with Gasteiger partial charge in [0.25, 0.3) is 0 Å². The van der Waals surface area contributed by atoms with Gasteiger partial charge in [-0.15, -0.1) is 0 Å². The zero-order chi connectivity index (χ0) is 13.7. The second kappa shape index (κ2) is 5.93. The van der Waals surface area contributed by atoms with Gasteiger partial charge in [0, 0.05) is 37.6 Å². The lowest BCUT2D eigenvalue weighted by Gasteiger charge is -2.32. The summed E-state index contributed by atoms with van der Waals surface area (Å²) in [7, 11) is 0. The number of nitrogens with zero attached hydrogens (tertiary/aromatic N) is 2. The van der Waals surface area contributed by atoms with Crippen molar-refractivity contribution in [3.05, 3.63) is 60.2 Å². The molecule has 0 fully saturated rings. The summed E-state index contributed by atoms with van der Waals surface area (Å²) in [5.74, 6) is 0.175. The Kier molecular flexibility index (Phi) is 4.27. The maximum Gasteiger partial charge on any atom is 0.0750 e. The second-order valence-electron chi connectivity index (χ2n) is 5.32. The molecule has 0 aromatic carbocycles. The molecule has 1 N–H and O–H groups in total. The van der Waals surface area contributed by atoms with Crippen LogP contribution in [0.25, 0.3) is 0 Å². The average molecular weight is 256 g/mol. The average Bonchev–Trinajstić information content (AvgIpc) is 2.40. The summed E-state index contributed by atoms with van der Waals surface area (Å²) in [5, 5.41) is 11.0. The Hall–Kier alpha value is -1.74. The van der Waals surface area contributed by atoms with E-state index in [0.717, 1.165) is 11.1 Å². The van der Waals surface area contributed by atoms with Crippen LogP contribution >= 0.6 is 0 Å². The molecule has 100 valence electrons. The Bertz CT molecular complexity index is 455. The SMILES string of the molecule is CC(C)C(O)(Cc1ccncc1)Cc1ccncc1. The molecule has 0 saturated carbocycles. The van der Waals surface area contributed by atoms with Crippen molar-refractivity contribution in [2.45, 2.75) is 32.3 Å². The van der Waals surface area contributed by atoms with Gasteiger partial charge in [0.2, 0.25) is 0 Å². The highest BCUT2D eigenvalue weighted by Gasteiger charge is 2.31. The third-order valence-electron chi connectivity index (χ3n) is 3.59. The molecule has 3 heteroatoms. The highest BCUT2D eigenvalue weighted by Crippen LogP contribution is 2.26. The highest BCUT2D eigenvalue weighted by molar-refractivity contribution is 5.18. The molecule has 2 aromatic rings. The van der Waals surface area contributed by atoms with Gasteiger partial charge in [-0.25, -0.2) is 0 Å². The van der Waals surface area contributed by atoms with Gasteiger partial charge in [0.1, 0.15) is 0 Å². The summed E-state index contributed by atoms with van der Waals surface area (Å²) < 4.78 is 0. The maximum atomic E-state index is 11.0. The van der Waals surface area contributed by atoms with Crippen LogP contribution in [0.4, 0.5) is 0 Å². The van der Waals surface area contributed by atoms with Crippen LogP contribution in [0.3, 0.4) is 0 Å². The summed E-state index contributed by atoms with van der Waals surface area (Å²) in [6.45, 7) is 4.12. The summed E-state index contributed by atoms with van der Waals surface area (Å²) in [4.78, 5) is 8.03. The molecule has 0 aliphatic rings. The van der Waals surface area contributed by atoms with E-state index in [1.54, 1.807) is 24.8 Å². The minimum Gasteiger partial charge on any atom is -0.389 e. The number of aromatic nitrogens is 2. The van der Waals surface area contributed by atoms with Crippen LogP contribution in [0, 0.1) is 5.92 Å². The van der Waals surface area contributed by atoms with Crippen LogP contribution in [0.1, 0.15) is 25.0 Å². The van der Waals surface area contributed by atoms with Crippen molar-refractivity contribution in [2.75, 3.05) is 0 Å². The van der Waals surface area contributed by atoms with Crippen molar-refractivity contribution in [1.82, 2.24) is 9.97 Å². The lowest BCUT2D eigenvalue weighted by Crippen LogP contribution is -2.39. The van der Waals surface area contributed by atoms with E-state index in [1.807, 2.05) is 24.3 Å². The van der Waals surface area contributed by atoms with Crippen LogP contribution in [0.5, 0.6) is 0 Å². The molecule has 3 nitrogen and oxygen atoms in total. The van der Waals surface area contributed by atoms with Gasteiger partial charge in [0.05, 0.1) is 5.60 Å². The molecular formula is C16H20N2O. The van der Waals surface area contributed by atoms with E-state index in [1.165, 1.54) is 0 Å². The normalized spacial score (nSPS) is 11.8. The molecule has 0 atom stereocenters. The van der Waals surface area contributed by atoms with Crippen molar-refractivity contribution >= 4 is 0 Å². The molecule has 0 radical (unpaired) electrons. The van der Waals surface area contributed by atoms with Crippen molar-refractivity contribution in [3.8, 4) is 0 Å². The van der Waals surface area contributed by atoms with E-state index < -0.39 is 5.60 Å². The molecule has 0 bridgehead atoms. The van der Waals surface area contributed by atoms with Gasteiger partial charge in [-0.1, -0.05) is 13.8 Å². The maximum absolute atomic E-state index is 11.0. The molecule has 0 aliphatic heterocycles. The van der Waals surface area contributed by atoms with E-state index in [0.29, 0.717) is 12.8 Å². The molecule has 0 saturated heterocycles. The fourth-order valence-electron chi connectivity index (χ4n) is 2.18. The molecule has 2 rings (SSSR count). The first-order chi connectivity index (χ1) is 9.10. The number of hydrogen-bond acceptors (Lipinski definition) is 3. The third kappa shape index (κ3) is 3.61. The van der Waals surface area contributed by atoms with Crippen molar-refractivity contribution < 1.29 is 5.11 Å². The van der Waals surface area contributed by atoms with Crippen molar-refractivity contribution in [3.63, 3.8) is 0 Å². The van der Waals surface area contributed by atoms with E-state index in [2.05, 4.69) is 23.8 Å². The molecule has 0 aliphatic carbocycles. The number of rotatable bonds is 5. The molecule has 2 heterocycles. The Morgan fingerprint density at radius 2 is 1.26 bits per heavy atom. The fraction of sp³-hybridized carbons (Fsp3) is 0.375. The quantitative estimate of drug-likeness (QED) is 0.894. The first-order valence-corrected chi connectivity index (χ1v) is 6.60. The van der Waals surface area contributed by atoms with E-state index >= 15 is 0 Å². The number of hydrogen-bond donors (Lipinski definition) is 1. The third-order valence-corrected chi connectivity index (χ3v) is 3.59. The second-order valence-corrected chi connectivity index (χ2v) is 5.32. The van der Waals surface area contributed by atoms with Crippen molar-refractivity contribution in [1.29, 1.82) is 0 Å². The Morgan fingerprint density at radius 1 is 0.895 bits per heavy atom. The minimum absolute atomic E-state index is 0.175. The minimum atomic E-state index is -0.747. The Labute approximate surface area is 114 Å². The first-order valence-electron chi connectivity index (χ1n) is 6.60. The van der Waals surface area contributed by atoms with Crippen LogP contribution in [-0.4, -0.2) is 20.7 Å². The smallest absolute Gasteiger partial charge is 0.0750 e. The van der Waals surface area contributed by atoms with Gasteiger partial charge in [-0.2, -0.15) is 0 Å². The van der Waals surface area contributed by atoms with Gasteiger partial charge in [0.15, 0.2) is 0 Å². The Morgan fingerprint density at radius 3 is 1.58 bits per heavy atom. The lowest BCUT2D eigenvalue weighted by atomic mass is 9.80. The topological polar surface area (TPSA) is 46.0 Å². The first kappa shape index (κ1) is 13.7. The fourth-order valence-corrected chi connectivity index (χ4v) is 2.18.